The Labute approximate surface area is 114 Å². The Morgan fingerprint density at radius 3 is 2.47 bits per heavy atom. The normalized spacial score (nSPS) is 16.5. The van der Waals surface area contributed by atoms with Crippen molar-refractivity contribution in [2.45, 2.75) is 58.7 Å². The summed E-state index contributed by atoms with van der Waals surface area (Å²) in [6, 6.07) is 4.10. The number of furan rings is 1. The van der Waals surface area contributed by atoms with E-state index in [1.807, 2.05) is 44.7 Å². The lowest BCUT2D eigenvalue weighted by Gasteiger charge is -2.40. The van der Waals surface area contributed by atoms with E-state index in [1.165, 1.54) is 0 Å². The lowest BCUT2D eigenvalue weighted by Crippen LogP contribution is -2.56. The molecule has 2 N–H and O–H groups in total. The highest BCUT2D eigenvalue weighted by Gasteiger charge is 2.46. The third-order valence-corrected chi connectivity index (χ3v) is 4.30. The molecule has 0 saturated heterocycles. The third kappa shape index (κ3) is 2.84. The van der Waals surface area contributed by atoms with Gasteiger partial charge < -0.3 is 15.1 Å². The van der Waals surface area contributed by atoms with E-state index in [1.54, 1.807) is 6.26 Å². The summed E-state index contributed by atoms with van der Waals surface area (Å²) in [7, 11) is 0. The molecule has 1 aromatic rings. The highest BCUT2D eigenvalue weighted by Crippen LogP contribution is 2.36. The first-order chi connectivity index (χ1) is 8.73. The van der Waals surface area contributed by atoms with Crippen molar-refractivity contribution < 1.29 is 9.21 Å². The Hall–Kier alpha value is -1.29. The first kappa shape index (κ1) is 14.1. The summed E-state index contributed by atoms with van der Waals surface area (Å²) in [5, 5.41) is 0. The maximum atomic E-state index is 12.8. The van der Waals surface area contributed by atoms with E-state index in [0.29, 0.717) is 12.6 Å². The van der Waals surface area contributed by atoms with E-state index in [-0.39, 0.29) is 5.91 Å². The van der Waals surface area contributed by atoms with E-state index in [4.69, 9.17) is 10.2 Å². The monoisotopic (exact) mass is 264 g/mol. The van der Waals surface area contributed by atoms with Crippen molar-refractivity contribution in [2.24, 2.45) is 11.1 Å². The lowest BCUT2D eigenvalue weighted by molar-refractivity contribution is -0.145. The molecule has 19 heavy (non-hydrogen) atoms. The molecular formula is C15H24N2O2. The minimum Gasteiger partial charge on any atom is -0.467 e. The van der Waals surface area contributed by atoms with Crippen molar-refractivity contribution >= 4 is 5.91 Å². The number of amides is 1. The number of rotatable bonds is 5. The third-order valence-electron chi connectivity index (χ3n) is 4.30. The van der Waals surface area contributed by atoms with Crippen LogP contribution in [0.1, 0.15) is 46.3 Å². The largest absolute Gasteiger partial charge is 0.467 e. The number of nitrogens with zero attached hydrogens (tertiary/aromatic N) is 1. The molecule has 1 aliphatic rings. The summed E-state index contributed by atoms with van der Waals surface area (Å²) in [5.74, 6) is 0.935. The van der Waals surface area contributed by atoms with E-state index in [9.17, 15) is 4.79 Å². The summed E-state index contributed by atoms with van der Waals surface area (Å²) in [5.41, 5.74) is 5.02. The molecule has 0 bridgehead atoms. The molecule has 1 aromatic heterocycles. The van der Waals surface area contributed by atoms with Crippen molar-refractivity contribution in [1.82, 2.24) is 4.90 Å². The highest BCUT2D eigenvalue weighted by molar-refractivity contribution is 5.84. The van der Waals surface area contributed by atoms with E-state index in [0.717, 1.165) is 18.6 Å². The molecule has 0 aliphatic heterocycles. The van der Waals surface area contributed by atoms with Gasteiger partial charge in [0.25, 0.3) is 0 Å². The second kappa shape index (κ2) is 4.67. The van der Waals surface area contributed by atoms with Gasteiger partial charge in [-0.2, -0.15) is 0 Å². The average Bonchev–Trinajstić information content (AvgIpc) is 3.01. The first-order valence-corrected chi connectivity index (χ1v) is 6.86. The zero-order valence-corrected chi connectivity index (χ0v) is 12.3. The Bertz CT molecular complexity index is 439. The van der Waals surface area contributed by atoms with Gasteiger partial charge in [-0.05, 0) is 52.7 Å². The highest BCUT2D eigenvalue weighted by atomic mass is 16.3. The molecule has 1 amide bonds. The van der Waals surface area contributed by atoms with Crippen molar-refractivity contribution in [3.05, 3.63) is 24.2 Å². The Kier molecular flexibility index (Phi) is 3.47. The minimum absolute atomic E-state index is 0.110. The van der Waals surface area contributed by atoms with Gasteiger partial charge in [0, 0.05) is 11.6 Å². The topological polar surface area (TPSA) is 59.5 Å². The van der Waals surface area contributed by atoms with Crippen LogP contribution >= 0.6 is 0 Å². The van der Waals surface area contributed by atoms with Crippen molar-refractivity contribution in [3.8, 4) is 0 Å². The maximum Gasteiger partial charge on any atom is 0.230 e. The molecule has 1 aliphatic carbocycles. The molecule has 4 heteroatoms. The molecule has 0 spiro atoms. The van der Waals surface area contributed by atoms with Crippen LogP contribution in [0.5, 0.6) is 0 Å². The fourth-order valence-electron chi connectivity index (χ4n) is 1.96. The van der Waals surface area contributed by atoms with Gasteiger partial charge in [-0.15, -0.1) is 0 Å². The SMILES string of the molecule is CC(C)(N)C(C)(C)C(=O)N(Cc1ccco1)C1CC1. The van der Waals surface area contributed by atoms with Crippen LogP contribution in [0.3, 0.4) is 0 Å². The number of hydrogen-bond donors (Lipinski definition) is 1. The minimum atomic E-state index is -0.595. The van der Waals surface area contributed by atoms with Gasteiger partial charge in [0.15, 0.2) is 0 Å². The smallest absolute Gasteiger partial charge is 0.230 e. The first-order valence-electron chi connectivity index (χ1n) is 6.86. The Morgan fingerprint density at radius 2 is 2.05 bits per heavy atom. The lowest BCUT2D eigenvalue weighted by atomic mass is 9.74. The molecule has 0 unspecified atom stereocenters. The van der Waals surface area contributed by atoms with Crippen LogP contribution in [0.2, 0.25) is 0 Å². The fraction of sp³-hybridized carbons (Fsp3) is 0.667. The predicted octanol–water partition coefficient (Wildman–Crippen LogP) is 2.53. The van der Waals surface area contributed by atoms with Crippen molar-refractivity contribution in [2.75, 3.05) is 0 Å². The zero-order valence-electron chi connectivity index (χ0n) is 12.3. The predicted molar refractivity (Wildman–Crippen MR) is 74.3 cm³/mol. The summed E-state index contributed by atoms with van der Waals surface area (Å²) in [6.07, 6.45) is 3.80. The van der Waals surface area contributed by atoms with Crippen molar-refractivity contribution in [3.63, 3.8) is 0 Å². The molecular weight excluding hydrogens is 240 g/mol. The number of nitrogens with two attached hydrogens (primary N) is 1. The van der Waals surface area contributed by atoms with E-state index < -0.39 is 11.0 Å². The van der Waals surface area contributed by atoms with E-state index >= 15 is 0 Å². The molecule has 1 fully saturated rings. The second-order valence-corrected chi connectivity index (χ2v) is 6.59. The molecule has 106 valence electrons. The van der Waals surface area contributed by atoms with Gasteiger partial charge in [-0.1, -0.05) is 0 Å². The van der Waals surface area contributed by atoms with Gasteiger partial charge in [-0.3, -0.25) is 4.79 Å². The Balaban J connectivity index is 2.18. The molecule has 1 heterocycles. The summed E-state index contributed by atoms with van der Waals surface area (Å²) in [6.45, 7) is 8.20. The van der Waals surface area contributed by atoms with Crippen LogP contribution < -0.4 is 5.73 Å². The summed E-state index contributed by atoms with van der Waals surface area (Å²) < 4.78 is 5.37. The van der Waals surface area contributed by atoms with Crippen LogP contribution in [-0.4, -0.2) is 22.4 Å². The second-order valence-electron chi connectivity index (χ2n) is 6.59. The number of carbonyl (C=O) groups is 1. The van der Waals surface area contributed by atoms with Crippen LogP contribution in [-0.2, 0) is 11.3 Å². The van der Waals surface area contributed by atoms with Crippen LogP contribution in [0, 0.1) is 5.41 Å². The molecule has 0 aromatic carbocycles. The summed E-state index contributed by atoms with van der Waals surface area (Å²) >= 11 is 0. The molecule has 0 radical (unpaired) electrons. The fourth-order valence-corrected chi connectivity index (χ4v) is 1.96. The molecule has 1 saturated carbocycles. The summed E-state index contributed by atoms with van der Waals surface area (Å²) in [4.78, 5) is 14.7. The van der Waals surface area contributed by atoms with Crippen LogP contribution in [0.15, 0.2) is 22.8 Å². The molecule has 2 rings (SSSR count). The van der Waals surface area contributed by atoms with Crippen LogP contribution in [0.25, 0.3) is 0 Å². The van der Waals surface area contributed by atoms with Gasteiger partial charge >= 0.3 is 0 Å². The average molecular weight is 264 g/mol. The number of carbonyl (C=O) groups excluding carboxylic acids is 1. The van der Waals surface area contributed by atoms with Gasteiger partial charge in [-0.25, -0.2) is 0 Å². The number of hydrogen-bond acceptors (Lipinski definition) is 3. The van der Waals surface area contributed by atoms with E-state index in [2.05, 4.69) is 0 Å². The molecule has 0 atom stereocenters. The zero-order chi connectivity index (χ0) is 14.3. The van der Waals surface area contributed by atoms with Crippen LogP contribution in [0.4, 0.5) is 0 Å². The van der Waals surface area contributed by atoms with Crippen molar-refractivity contribution in [1.29, 1.82) is 0 Å². The molecule has 4 nitrogen and oxygen atoms in total. The standard InChI is InChI=1S/C15H24N2O2/c1-14(2,15(3,4)16)13(18)17(11-7-8-11)10-12-6-5-9-19-12/h5-6,9,11H,7-8,10,16H2,1-4H3. The maximum absolute atomic E-state index is 12.8. The van der Waals surface area contributed by atoms with Gasteiger partial charge in [0.1, 0.15) is 5.76 Å². The van der Waals surface area contributed by atoms with Gasteiger partial charge in [0.05, 0.1) is 18.2 Å². The quantitative estimate of drug-likeness (QED) is 0.889. The van der Waals surface area contributed by atoms with Gasteiger partial charge in [0.2, 0.25) is 5.91 Å². The Morgan fingerprint density at radius 1 is 1.42 bits per heavy atom.